The number of aliphatic hydroxyl groups excluding tert-OH is 1. The first-order chi connectivity index (χ1) is 12.8. The fourth-order valence-electron chi connectivity index (χ4n) is 3.31. The molecule has 142 valence electrons. The van der Waals surface area contributed by atoms with Gasteiger partial charge < -0.3 is 9.84 Å². The van der Waals surface area contributed by atoms with Crippen LogP contribution in [-0.4, -0.2) is 23.9 Å². The van der Waals surface area contributed by atoms with Crippen molar-refractivity contribution in [3.8, 4) is 5.75 Å². The van der Waals surface area contributed by atoms with Gasteiger partial charge in [0.15, 0.2) is 11.5 Å². The number of ketones is 1. The van der Waals surface area contributed by atoms with E-state index in [1.54, 1.807) is 31.4 Å². The first-order valence-electron chi connectivity index (χ1n) is 8.83. The van der Waals surface area contributed by atoms with E-state index in [1.165, 1.54) is 16.2 Å². The van der Waals surface area contributed by atoms with Gasteiger partial charge in [-0.25, -0.2) is 0 Å². The highest BCUT2D eigenvalue weighted by molar-refractivity contribution is 7.10. The van der Waals surface area contributed by atoms with E-state index in [0.717, 1.165) is 10.4 Å². The highest BCUT2D eigenvalue weighted by atomic mass is 32.1. The van der Waals surface area contributed by atoms with Crippen LogP contribution in [0.4, 0.5) is 5.69 Å². The van der Waals surface area contributed by atoms with Gasteiger partial charge in [0.25, 0.3) is 5.91 Å². The Morgan fingerprint density at radius 2 is 2.07 bits per heavy atom. The predicted octanol–water partition coefficient (Wildman–Crippen LogP) is 4.58. The third kappa shape index (κ3) is 3.49. The zero-order valence-electron chi connectivity index (χ0n) is 15.9. The van der Waals surface area contributed by atoms with Crippen LogP contribution in [0.5, 0.6) is 5.75 Å². The molecule has 0 spiro atoms. The van der Waals surface area contributed by atoms with E-state index in [0.29, 0.717) is 11.4 Å². The zero-order valence-corrected chi connectivity index (χ0v) is 16.7. The summed E-state index contributed by atoms with van der Waals surface area (Å²) in [5.41, 5.74) is 1.74. The summed E-state index contributed by atoms with van der Waals surface area (Å²) in [5.74, 6) is -0.485. The monoisotopic (exact) mass is 385 g/mol. The van der Waals surface area contributed by atoms with Crippen LogP contribution >= 0.6 is 11.3 Å². The minimum absolute atomic E-state index is 0.129. The fraction of sp³-hybridized carbons (Fsp3) is 0.333. The number of hydrogen-bond acceptors (Lipinski definition) is 5. The first kappa shape index (κ1) is 19.2. The number of anilines is 1. The van der Waals surface area contributed by atoms with Gasteiger partial charge in [0.1, 0.15) is 11.8 Å². The molecule has 1 unspecified atom stereocenters. The van der Waals surface area contributed by atoms with E-state index in [2.05, 4.69) is 0 Å². The predicted molar refractivity (Wildman–Crippen MR) is 106 cm³/mol. The molecule has 0 bridgehead atoms. The highest BCUT2D eigenvalue weighted by Gasteiger charge is 2.45. The molecule has 2 heterocycles. The van der Waals surface area contributed by atoms with Gasteiger partial charge in [-0.05, 0) is 42.0 Å². The molecule has 1 aliphatic heterocycles. The lowest BCUT2D eigenvalue weighted by molar-refractivity contribution is -0.118. The van der Waals surface area contributed by atoms with Crippen molar-refractivity contribution in [2.24, 2.45) is 5.92 Å². The molecule has 0 saturated heterocycles. The van der Waals surface area contributed by atoms with E-state index in [-0.39, 0.29) is 23.7 Å². The Balaban J connectivity index is 2.15. The van der Waals surface area contributed by atoms with Gasteiger partial charge in [-0.2, -0.15) is 0 Å². The molecule has 1 aliphatic rings. The summed E-state index contributed by atoms with van der Waals surface area (Å²) < 4.78 is 5.27. The number of Topliss-reactive ketones (excluding diaryl/α,β-unsaturated/α-hetero) is 1. The standard InChI is InChI=1S/C21H23NO4S/c1-12(2)10-16(23)17-18(20-13(3)8-9-27-20)22(21(25)19(17)24)14-6-5-7-15(11-14)26-4/h5-9,11-12,18,24H,10H2,1-4H3. The Morgan fingerprint density at radius 3 is 2.67 bits per heavy atom. The molecule has 5 nitrogen and oxygen atoms in total. The van der Waals surface area contributed by atoms with Crippen LogP contribution in [0.3, 0.4) is 0 Å². The Labute approximate surface area is 162 Å². The van der Waals surface area contributed by atoms with Gasteiger partial charge >= 0.3 is 0 Å². The molecule has 1 aromatic heterocycles. The molecule has 0 saturated carbocycles. The molecule has 1 atom stereocenters. The van der Waals surface area contributed by atoms with Crippen molar-refractivity contribution in [3.05, 3.63) is 57.5 Å². The second-order valence-corrected chi connectivity index (χ2v) is 7.98. The smallest absolute Gasteiger partial charge is 0.294 e. The molecule has 0 aliphatic carbocycles. The molecule has 6 heteroatoms. The normalized spacial score (nSPS) is 17.1. The van der Waals surface area contributed by atoms with Crippen LogP contribution < -0.4 is 9.64 Å². The first-order valence-corrected chi connectivity index (χ1v) is 9.71. The SMILES string of the molecule is COc1cccc(N2C(=O)C(O)=C(C(=O)CC(C)C)C2c2sccc2C)c1. The highest BCUT2D eigenvalue weighted by Crippen LogP contribution is 2.44. The molecule has 1 amide bonds. The number of nitrogens with zero attached hydrogens (tertiary/aromatic N) is 1. The number of carbonyl (C=O) groups excluding carboxylic acids is 2. The summed E-state index contributed by atoms with van der Waals surface area (Å²) in [6, 6.07) is 8.40. The van der Waals surface area contributed by atoms with E-state index in [9.17, 15) is 14.7 Å². The summed E-state index contributed by atoms with van der Waals surface area (Å²) in [4.78, 5) is 28.2. The number of benzene rings is 1. The summed E-state index contributed by atoms with van der Waals surface area (Å²) >= 11 is 1.48. The number of thiophene rings is 1. The molecule has 0 radical (unpaired) electrons. The van der Waals surface area contributed by atoms with Gasteiger partial charge in [-0.3, -0.25) is 14.5 Å². The number of hydrogen-bond donors (Lipinski definition) is 1. The van der Waals surface area contributed by atoms with Crippen molar-refractivity contribution in [3.63, 3.8) is 0 Å². The zero-order chi connectivity index (χ0) is 19.7. The maximum absolute atomic E-state index is 13.0. The maximum atomic E-state index is 13.0. The van der Waals surface area contributed by atoms with Crippen molar-refractivity contribution >= 4 is 28.7 Å². The Hall–Kier alpha value is -2.60. The van der Waals surface area contributed by atoms with Crippen LogP contribution in [0.25, 0.3) is 0 Å². The minimum Gasteiger partial charge on any atom is -0.503 e. The molecule has 0 fully saturated rings. The van der Waals surface area contributed by atoms with E-state index >= 15 is 0 Å². The second kappa shape index (κ2) is 7.56. The Bertz CT molecular complexity index is 912. The number of aliphatic hydroxyl groups is 1. The van der Waals surface area contributed by atoms with E-state index < -0.39 is 17.7 Å². The van der Waals surface area contributed by atoms with Gasteiger partial charge in [-0.1, -0.05) is 19.9 Å². The largest absolute Gasteiger partial charge is 0.503 e. The minimum atomic E-state index is -0.629. The summed E-state index contributed by atoms with van der Waals surface area (Å²) in [6.45, 7) is 5.83. The van der Waals surface area contributed by atoms with Gasteiger partial charge in [0.05, 0.1) is 12.7 Å². The molecule has 1 N–H and O–H groups in total. The summed E-state index contributed by atoms with van der Waals surface area (Å²) in [6.07, 6.45) is 0.277. The molecule has 1 aromatic carbocycles. The molecular weight excluding hydrogens is 362 g/mol. The number of ether oxygens (including phenoxy) is 1. The number of aryl methyl sites for hydroxylation is 1. The topological polar surface area (TPSA) is 66.8 Å². The molecular formula is C21H23NO4S. The van der Waals surface area contributed by atoms with Crippen molar-refractivity contribution in [1.29, 1.82) is 0 Å². The third-order valence-electron chi connectivity index (χ3n) is 4.58. The van der Waals surface area contributed by atoms with Crippen molar-refractivity contribution in [1.82, 2.24) is 0 Å². The number of rotatable bonds is 6. The third-order valence-corrected chi connectivity index (χ3v) is 5.66. The van der Waals surface area contributed by atoms with Gasteiger partial charge in [-0.15, -0.1) is 11.3 Å². The molecule has 27 heavy (non-hydrogen) atoms. The lowest BCUT2D eigenvalue weighted by Crippen LogP contribution is -2.31. The van der Waals surface area contributed by atoms with Crippen molar-refractivity contribution < 1.29 is 19.4 Å². The lowest BCUT2D eigenvalue weighted by Gasteiger charge is -2.27. The van der Waals surface area contributed by atoms with Crippen LogP contribution in [0.2, 0.25) is 0 Å². The average molecular weight is 385 g/mol. The van der Waals surface area contributed by atoms with Crippen LogP contribution in [0.1, 0.15) is 36.8 Å². The number of amides is 1. The van der Waals surface area contributed by atoms with E-state index in [4.69, 9.17) is 4.74 Å². The lowest BCUT2D eigenvalue weighted by atomic mass is 9.94. The molecule has 3 rings (SSSR count). The van der Waals surface area contributed by atoms with Crippen molar-refractivity contribution in [2.75, 3.05) is 12.0 Å². The molecule has 2 aromatic rings. The van der Waals surface area contributed by atoms with Crippen LogP contribution in [0, 0.1) is 12.8 Å². The van der Waals surface area contributed by atoms with E-state index in [1.807, 2.05) is 32.2 Å². The van der Waals surface area contributed by atoms with Gasteiger partial charge in [0.2, 0.25) is 0 Å². The quantitative estimate of drug-likeness (QED) is 0.790. The number of carbonyl (C=O) groups is 2. The number of methoxy groups -OCH3 is 1. The van der Waals surface area contributed by atoms with Crippen LogP contribution in [-0.2, 0) is 9.59 Å². The fourth-order valence-corrected chi connectivity index (χ4v) is 4.33. The van der Waals surface area contributed by atoms with Crippen LogP contribution in [0.15, 0.2) is 47.0 Å². The Morgan fingerprint density at radius 1 is 1.33 bits per heavy atom. The van der Waals surface area contributed by atoms with Gasteiger partial charge in [0, 0.05) is 23.1 Å². The Kier molecular flexibility index (Phi) is 5.37. The average Bonchev–Trinajstić information content (AvgIpc) is 3.15. The summed E-state index contributed by atoms with van der Waals surface area (Å²) in [5, 5.41) is 12.5. The van der Waals surface area contributed by atoms with Crippen molar-refractivity contribution in [2.45, 2.75) is 33.2 Å². The maximum Gasteiger partial charge on any atom is 0.294 e. The summed E-state index contributed by atoms with van der Waals surface area (Å²) in [7, 11) is 1.55. The second-order valence-electron chi connectivity index (χ2n) is 7.03.